The first kappa shape index (κ1) is 25.5. The summed E-state index contributed by atoms with van der Waals surface area (Å²) in [6.07, 6.45) is 2.66. The van der Waals surface area contributed by atoms with E-state index in [0.29, 0.717) is 36.2 Å². The van der Waals surface area contributed by atoms with E-state index in [1.807, 2.05) is 13.0 Å². The summed E-state index contributed by atoms with van der Waals surface area (Å²) >= 11 is 0. The van der Waals surface area contributed by atoms with Crippen LogP contribution in [-0.2, 0) is 19.4 Å². The molecule has 0 unspecified atom stereocenters. The van der Waals surface area contributed by atoms with Gasteiger partial charge in [-0.1, -0.05) is 19.9 Å². The standard InChI is InChI=1S/C25H30N2O6S/c1-5-32-23-13-18(6-7-22(23)33-10-8-16(2)3)12-20-17(4)21(14-26)25(29)27(24(20)28)19-9-11-34(30,31)15-19/h6-7,12-13,16,19H,5,8-11,15H2,1-4H3/b20-12+/t19-/m1/s1. The molecule has 0 aliphatic carbocycles. The molecular weight excluding hydrogens is 456 g/mol. The average molecular weight is 487 g/mol. The number of rotatable bonds is 8. The Labute approximate surface area is 200 Å². The van der Waals surface area contributed by atoms with Crippen molar-refractivity contribution in [3.05, 3.63) is 40.5 Å². The summed E-state index contributed by atoms with van der Waals surface area (Å²) in [6.45, 7) is 8.61. The summed E-state index contributed by atoms with van der Waals surface area (Å²) in [6, 6.07) is 6.39. The predicted octanol–water partition coefficient (Wildman–Crippen LogP) is 3.29. The zero-order valence-corrected chi connectivity index (χ0v) is 20.8. The van der Waals surface area contributed by atoms with Crippen LogP contribution < -0.4 is 9.47 Å². The highest BCUT2D eigenvalue weighted by Crippen LogP contribution is 2.34. The van der Waals surface area contributed by atoms with Gasteiger partial charge in [-0.3, -0.25) is 14.5 Å². The Hall–Kier alpha value is -3.12. The maximum Gasteiger partial charge on any atom is 0.271 e. The van der Waals surface area contributed by atoms with E-state index < -0.39 is 27.7 Å². The van der Waals surface area contributed by atoms with E-state index in [0.717, 1.165) is 11.3 Å². The molecule has 2 aliphatic heterocycles. The number of sulfone groups is 1. The number of carbonyl (C=O) groups excluding carboxylic acids is 2. The molecule has 8 nitrogen and oxygen atoms in total. The van der Waals surface area contributed by atoms with Gasteiger partial charge in [0.25, 0.3) is 11.8 Å². The summed E-state index contributed by atoms with van der Waals surface area (Å²) in [7, 11) is -3.33. The van der Waals surface area contributed by atoms with Crippen LogP contribution in [0.15, 0.2) is 34.9 Å². The van der Waals surface area contributed by atoms with Crippen molar-refractivity contribution < 1.29 is 27.5 Å². The van der Waals surface area contributed by atoms with E-state index in [-0.39, 0.29) is 34.6 Å². The van der Waals surface area contributed by atoms with Crippen molar-refractivity contribution in [2.24, 2.45) is 5.92 Å². The highest BCUT2D eigenvalue weighted by atomic mass is 32.2. The zero-order valence-electron chi connectivity index (χ0n) is 20.0. The van der Waals surface area contributed by atoms with Gasteiger partial charge in [-0.2, -0.15) is 5.26 Å². The first-order chi connectivity index (χ1) is 16.1. The molecule has 0 N–H and O–H groups in total. The Morgan fingerprint density at radius 2 is 1.94 bits per heavy atom. The Morgan fingerprint density at radius 1 is 1.21 bits per heavy atom. The van der Waals surface area contributed by atoms with Crippen LogP contribution in [0.5, 0.6) is 11.5 Å². The summed E-state index contributed by atoms with van der Waals surface area (Å²) in [5.41, 5.74) is 0.919. The van der Waals surface area contributed by atoms with Gasteiger partial charge in [0.05, 0.1) is 30.8 Å². The fourth-order valence-corrected chi connectivity index (χ4v) is 5.68. The minimum Gasteiger partial charge on any atom is -0.490 e. The molecule has 1 fully saturated rings. The normalized spacial score (nSPS) is 21.4. The van der Waals surface area contributed by atoms with Crippen LogP contribution in [0.1, 0.15) is 46.1 Å². The Bertz CT molecular complexity index is 1190. The molecular formula is C25H30N2O6S. The van der Waals surface area contributed by atoms with Gasteiger partial charge in [0.15, 0.2) is 21.3 Å². The number of ether oxygens (including phenoxy) is 2. The zero-order chi connectivity index (χ0) is 25.0. The van der Waals surface area contributed by atoms with Gasteiger partial charge in [-0.15, -0.1) is 0 Å². The van der Waals surface area contributed by atoms with Crippen LogP contribution in [-0.4, -0.2) is 55.9 Å². The second-order valence-corrected chi connectivity index (χ2v) is 11.1. The van der Waals surface area contributed by atoms with Gasteiger partial charge < -0.3 is 9.47 Å². The number of hydrogen-bond acceptors (Lipinski definition) is 7. The van der Waals surface area contributed by atoms with Crippen LogP contribution >= 0.6 is 0 Å². The molecule has 1 atom stereocenters. The molecule has 1 aromatic rings. The van der Waals surface area contributed by atoms with Crippen molar-refractivity contribution in [3.63, 3.8) is 0 Å². The number of imide groups is 1. The lowest BCUT2D eigenvalue weighted by Crippen LogP contribution is -2.49. The molecule has 2 aliphatic rings. The lowest BCUT2D eigenvalue weighted by atomic mass is 9.92. The summed E-state index contributed by atoms with van der Waals surface area (Å²) in [4.78, 5) is 27.1. The van der Waals surface area contributed by atoms with E-state index in [2.05, 4.69) is 13.8 Å². The smallest absolute Gasteiger partial charge is 0.271 e. The molecule has 1 saturated heterocycles. The largest absolute Gasteiger partial charge is 0.490 e. The third-order valence-electron chi connectivity index (χ3n) is 5.88. The second-order valence-electron chi connectivity index (χ2n) is 8.88. The fourth-order valence-electron chi connectivity index (χ4n) is 3.98. The quantitative estimate of drug-likeness (QED) is 0.409. The van der Waals surface area contributed by atoms with Crippen LogP contribution in [0.4, 0.5) is 0 Å². The first-order valence-electron chi connectivity index (χ1n) is 11.4. The van der Waals surface area contributed by atoms with Gasteiger partial charge in [-0.05, 0) is 62.0 Å². The lowest BCUT2D eigenvalue weighted by Gasteiger charge is -2.31. The van der Waals surface area contributed by atoms with E-state index in [1.54, 1.807) is 31.2 Å². The van der Waals surface area contributed by atoms with Crippen molar-refractivity contribution in [1.82, 2.24) is 4.90 Å². The third kappa shape index (κ3) is 5.50. The van der Waals surface area contributed by atoms with Crippen molar-refractivity contribution in [1.29, 1.82) is 5.26 Å². The van der Waals surface area contributed by atoms with Crippen LogP contribution in [0, 0.1) is 17.2 Å². The summed E-state index contributed by atoms with van der Waals surface area (Å²) in [5.74, 6) is -0.0901. The molecule has 2 heterocycles. The summed E-state index contributed by atoms with van der Waals surface area (Å²) in [5, 5.41) is 9.59. The van der Waals surface area contributed by atoms with E-state index >= 15 is 0 Å². The van der Waals surface area contributed by atoms with Gasteiger partial charge in [0, 0.05) is 5.57 Å². The first-order valence-corrected chi connectivity index (χ1v) is 13.2. The number of nitriles is 1. The van der Waals surface area contributed by atoms with E-state index in [1.165, 1.54) is 0 Å². The van der Waals surface area contributed by atoms with Gasteiger partial charge in [-0.25, -0.2) is 8.42 Å². The molecule has 34 heavy (non-hydrogen) atoms. The SMILES string of the molecule is CCOc1cc(/C=C2/C(=O)N([C@@H]3CCS(=O)(=O)C3)C(=O)C(C#N)=C2C)ccc1OCCC(C)C. The number of carbonyl (C=O) groups is 2. The predicted molar refractivity (Wildman–Crippen MR) is 128 cm³/mol. The average Bonchev–Trinajstić information content (AvgIpc) is 3.12. The molecule has 2 amide bonds. The summed E-state index contributed by atoms with van der Waals surface area (Å²) < 4.78 is 35.5. The third-order valence-corrected chi connectivity index (χ3v) is 7.63. The molecule has 0 bridgehead atoms. The van der Waals surface area contributed by atoms with E-state index in [4.69, 9.17) is 9.47 Å². The van der Waals surface area contributed by atoms with Gasteiger partial charge in [0.2, 0.25) is 0 Å². The molecule has 1 aromatic carbocycles. The highest BCUT2D eigenvalue weighted by Gasteiger charge is 2.43. The second kappa shape index (κ2) is 10.4. The van der Waals surface area contributed by atoms with Gasteiger partial charge in [0.1, 0.15) is 11.6 Å². The van der Waals surface area contributed by atoms with Crippen LogP contribution in [0.3, 0.4) is 0 Å². The molecule has 9 heteroatoms. The van der Waals surface area contributed by atoms with Crippen molar-refractivity contribution in [2.45, 2.75) is 46.6 Å². The fraction of sp³-hybridized carbons (Fsp3) is 0.480. The molecule has 0 saturated carbocycles. The van der Waals surface area contributed by atoms with Crippen LogP contribution in [0.2, 0.25) is 0 Å². The van der Waals surface area contributed by atoms with Crippen molar-refractivity contribution >= 4 is 27.7 Å². The minimum atomic E-state index is -3.33. The maximum atomic E-state index is 13.3. The number of amides is 2. The van der Waals surface area contributed by atoms with Crippen molar-refractivity contribution in [3.8, 4) is 17.6 Å². The lowest BCUT2D eigenvalue weighted by molar-refractivity contribution is -0.142. The number of nitrogens with zero attached hydrogens (tertiary/aromatic N) is 2. The highest BCUT2D eigenvalue weighted by molar-refractivity contribution is 7.91. The number of benzene rings is 1. The van der Waals surface area contributed by atoms with Crippen LogP contribution in [0.25, 0.3) is 6.08 Å². The topological polar surface area (TPSA) is 114 Å². The number of hydrogen-bond donors (Lipinski definition) is 0. The Kier molecular flexibility index (Phi) is 7.82. The van der Waals surface area contributed by atoms with Gasteiger partial charge >= 0.3 is 0 Å². The monoisotopic (exact) mass is 486 g/mol. The Balaban J connectivity index is 1.98. The van der Waals surface area contributed by atoms with E-state index in [9.17, 15) is 23.3 Å². The molecule has 0 spiro atoms. The van der Waals surface area contributed by atoms with Crippen molar-refractivity contribution in [2.75, 3.05) is 24.7 Å². The maximum absolute atomic E-state index is 13.3. The molecule has 0 radical (unpaired) electrons. The Morgan fingerprint density at radius 3 is 2.53 bits per heavy atom. The molecule has 0 aromatic heterocycles. The molecule has 3 rings (SSSR count). The molecule has 182 valence electrons. The minimum absolute atomic E-state index is 0.0889.